The van der Waals surface area contributed by atoms with Crippen molar-refractivity contribution in [1.29, 1.82) is 0 Å². The molecule has 16 heavy (non-hydrogen) atoms. The second-order valence-electron chi connectivity index (χ2n) is 4.17. The molecule has 0 aliphatic carbocycles. The van der Waals surface area contributed by atoms with Gasteiger partial charge in [-0.25, -0.2) is 0 Å². The molecule has 0 spiro atoms. The molecule has 1 aliphatic heterocycles. The molecular weight excluding hydrogens is 206 g/mol. The van der Waals surface area contributed by atoms with E-state index in [1.807, 2.05) is 19.0 Å². The number of ether oxygens (including phenoxy) is 1. The Hall–Kier alpha value is -1.07. The van der Waals surface area contributed by atoms with Gasteiger partial charge in [0.05, 0.1) is 11.8 Å². The van der Waals surface area contributed by atoms with Crippen molar-refractivity contribution in [3.05, 3.63) is 12.0 Å². The molecule has 0 amide bonds. The van der Waals surface area contributed by atoms with Gasteiger partial charge in [0.25, 0.3) is 6.01 Å². The van der Waals surface area contributed by atoms with Gasteiger partial charge in [0.15, 0.2) is 0 Å². The van der Waals surface area contributed by atoms with Crippen molar-refractivity contribution in [2.75, 3.05) is 32.1 Å². The summed E-state index contributed by atoms with van der Waals surface area (Å²) < 4.78 is 11.0. The van der Waals surface area contributed by atoms with E-state index in [1.165, 1.54) is 0 Å². The number of rotatable bonds is 5. The Bertz CT molecular complexity index is 321. The fraction of sp³-hybridized carbons (Fsp3) is 0.727. The van der Waals surface area contributed by atoms with Crippen molar-refractivity contribution in [2.45, 2.75) is 25.5 Å². The van der Waals surface area contributed by atoms with Crippen molar-refractivity contribution in [3.63, 3.8) is 0 Å². The van der Waals surface area contributed by atoms with Crippen LogP contribution in [0.2, 0.25) is 0 Å². The molecule has 2 rings (SSSR count). The normalized spacial score (nSPS) is 20.2. The predicted octanol–water partition coefficient (Wildman–Crippen LogP) is 1.01. The van der Waals surface area contributed by atoms with Crippen LogP contribution >= 0.6 is 0 Å². The zero-order valence-corrected chi connectivity index (χ0v) is 9.90. The van der Waals surface area contributed by atoms with Gasteiger partial charge in [-0.2, -0.15) is 4.98 Å². The van der Waals surface area contributed by atoms with Gasteiger partial charge in [-0.15, -0.1) is 0 Å². The molecule has 90 valence electrons. The van der Waals surface area contributed by atoms with Crippen LogP contribution in [0.4, 0.5) is 6.01 Å². The number of nitrogens with zero attached hydrogens (tertiary/aromatic N) is 2. The molecule has 1 fully saturated rings. The second-order valence-corrected chi connectivity index (χ2v) is 4.17. The molecule has 5 nitrogen and oxygen atoms in total. The number of nitrogens with one attached hydrogen (secondary N) is 1. The Morgan fingerprint density at radius 2 is 2.50 bits per heavy atom. The Balaban J connectivity index is 1.89. The number of likely N-dealkylation sites (N-methyl/N-ethyl adjacent to an activating group) is 1. The molecule has 1 aliphatic rings. The largest absolute Gasteiger partial charge is 0.432 e. The molecule has 5 heteroatoms. The van der Waals surface area contributed by atoms with Gasteiger partial charge in [0.2, 0.25) is 0 Å². The summed E-state index contributed by atoms with van der Waals surface area (Å²) in [6.45, 7) is 2.46. The van der Waals surface area contributed by atoms with Crippen molar-refractivity contribution >= 4 is 6.01 Å². The molecule has 1 aromatic rings. The molecule has 2 heterocycles. The highest BCUT2D eigenvalue weighted by molar-refractivity contribution is 5.25. The lowest BCUT2D eigenvalue weighted by Gasteiger charge is -2.18. The molecule has 0 saturated carbocycles. The van der Waals surface area contributed by atoms with Gasteiger partial charge < -0.3 is 19.4 Å². The monoisotopic (exact) mass is 225 g/mol. The lowest BCUT2D eigenvalue weighted by Crippen LogP contribution is -2.28. The molecule has 1 aromatic heterocycles. The smallest absolute Gasteiger partial charge is 0.297 e. The van der Waals surface area contributed by atoms with E-state index >= 15 is 0 Å². The molecular formula is C11H19N3O2. The minimum Gasteiger partial charge on any atom is -0.432 e. The van der Waals surface area contributed by atoms with Crippen LogP contribution in [-0.4, -0.2) is 38.3 Å². The standard InChI is InChI=1S/C11H19N3O2/c1-12-6-9-8-16-11(13-9)14(2)7-10-4-3-5-15-10/h8,10,12H,3-7H2,1-2H3. The number of oxazole rings is 1. The number of anilines is 1. The van der Waals surface area contributed by atoms with E-state index in [4.69, 9.17) is 9.15 Å². The zero-order valence-electron chi connectivity index (χ0n) is 9.90. The van der Waals surface area contributed by atoms with Crippen LogP contribution in [-0.2, 0) is 11.3 Å². The molecule has 0 aromatic carbocycles. The van der Waals surface area contributed by atoms with Crippen LogP contribution in [0.1, 0.15) is 18.5 Å². The Labute approximate surface area is 95.8 Å². The highest BCUT2D eigenvalue weighted by atomic mass is 16.5. The first-order chi connectivity index (χ1) is 7.79. The quantitative estimate of drug-likeness (QED) is 0.810. The fourth-order valence-corrected chi connectivity index (χ4v) is 1.91. The van der Waals surface area contributed by atoms with Gasteiger partial charge in [-0.05, 0) is 19.9 Å². The number of hydrogen-bond donors (Lipinski definition) is 1. The van der Waals surface area contributed by atoms with E-state index in [1.54, 1.807) is 6.26 Å². The molecule has 1 N–H and O–H groups in total. The maximum Gasteiger partial charge on any atom is 0.297 e. The van der Waals surface area contributed by atoms with E-state index in [0.717, 1.165) is 38.2 Å². The second kappa shape index (κ2) is 5.32. The average Bonchev–Trinajstić information content (AvgIpc) is 2.89. The fourth-order valence-electron chi connectivity index (χ4n) is 1.91. The SMILES string of the molecule is CNCc1coc(N(C)CC2CCCO2)n1. The van der Waals surface area contributed by atoms with Crippen LogP contribution in [0.3, 0.4) is 0 Å². The van der Waals surface area contributed by atoms with Crippen LogP contribution < -0.4 is 10.2 Å². The highest BCUT2D eigenvalue weighted by Crippen LogP contribution is 2.17. The van der Waals surface area contributed by atoms with E-state index in [0.29, 0.717) is 12.1 Å². The maximum atomic E-state index is 5.58. The van der Waals surface area contributed by atoms with Gasteiger partial charge in [0, 0.05) is 26.7 Å². The summed E-state index contributed by atoms with van der Waals surface area (Å²) >= 11 is 0. The molecule has 1 saturated heterocycles. The van der Waals surface area contributed by atoms with Gasteiger partial charge in [0.1, 0.15) is 6.26 Å². The summed E-state index contributed by atoms with van der Waals surface area (Å²) in [5, 5.41) is 3.04. The van der Waals surface area contributed by atoms with Crippen molar-refractivity contribution in [2.24, 2.45) is 0 Å². The Morgan fingerprint density at radius 3 is 3.19 bits per heavy atom. The zero-order chi connectivity index (χ0) is 11.4. The first kappa shape index (κ1) is 11.4. The lowest BCUT2D eigenvalue weighted by atomic mass is 10.2. The minimum atomic E-state index is 0.324. The van der Waals surface area contributed by atoms with Crippen LogP contribution in [0.25, 0.3) is 0 Å². The highest BCUT2D eigenvalue weighted by Gasteiger charge is 2.19. The number of hydrogen-bond acceptors (Lipinski definition) is 5. The first-order valence-corrected chi connectivity index (χ1v) is 5.71. The maximum absolute atomic E-state index is 5.58. The molecule has 1 unspecified atom stereocenters. The van der Waals surface area contributed by atoms with Crippen molar-refractivity contribution in [1.82, 2.24) is 10.3 Å². The van der Waals surface area contributed by atoms with Crippen molar-refractivity contribution in [3.8, 4) is 0 Å². The van der Waals surface area contributed by atoms with Gasteiger partial charge in [-0.3, -0.25) is 0 Å². The number of aromatic nitrogens is 1. The topological polar surface area (TPSA) is 50.5 Å². The van der Waals surface area contributed by atoms with Crippen LogP contribution in [0.5, 0.6) is 0 Å². The summed E-state index contributed by atoms with van der Waals surface area (Å²) in [4.78, 5) is 6.39. The van der Waals surface area contributed by atoms with Crippen molar-refractivity contribution < 1.29 is 9.15 Å². The van der Waals surface area contributed by atoms with E-state index in [2.05, 4.69) is 10.3 Å². The third-order valence-electron chi connectivity index (χ3n) is 2.73. The minimum absolute atomic E-state index is 0.324. The third-order valence-corrected chi connectivity index (χ3v) is 2.73. The summed E-state index contributed by atoms with van der Waals surface area (Å²) in [7, 11) is 3.88. The van der Waals surface area contributed by atoms with Gasteiger partial charge >= 0.3 is 0 Å². The molecule has 1 atom stereocenters. The lowest BCUT2D eigenvalue weighted by molar-refractivity contribution is 0.115. The summed E-state index contributed by atoms with van der Waals surface area (Å²) in [6.07, 6.45) is 4.31. The average molecular weight is 225 g/mol. The van der Waals surface area contributed by atoms with Crippen LogP contribution in [0.15, 0.2) is 10.7 Å². The predicted molar refractivity (Wildman–Crippen MR) is 61.5 cm³/mol. The van der Waals surface area contributed by atoms with E-state index in [-0.39, 0.29) is 0 Å². The van der Waals surface area contributed by atoms with E-state index < -0.39 is 0 Å². The van der Waals surface area contributed by atoms with Gasteiger partial charge in [-0.1, -0.05) is 0 Å². The Morgan fingerprint density at radius 1 is 1.62 bits per heavy atom. The molecule has 0 bridgehead atoms. The first-order valence-electron chi connectivity index (χ1n) is 5.71. The summed E-state index contributed by atoms with van der Waals surface area (Å²) in [5.41, 5.74) is 0.927. The molecule has 0 radical (unpaired) electrons. The summed E-state index contributed by atoms with van der Waals surface area (Å²) in [5.74, 6) is 0. The third kappa shape index (κ3) is 2.74. The Kier molecular flexibility index (Phi) is 3.79. The van der Waals surface area contributed by atoms with Crippen LogP contribution in [0, 0.1) is 0 Å². The van der Waals surface area contributed by atoms with E-state index in [9.17, 15) is 0 Å². The summed E-state index contributed by atoms with van der Waals surface area (Å²) in [6, 6.07) is 0.667.